The number of nitrogens with one attached hydrogen (secondary N) is 2. The third-order valence-electron chi connectivity index (χ3n) is 2.70. The molecule has 1 atom stereocenters. The van der Waals surface area contributed by atoms with Crippen LogP contribution in [0.1, 0.15) is 15.9 Å². The predicted molar refractivity (Wildman–Crippen MR) is 65.5 cm³/mol. The van der Waals surface area contributed by atoms with E-state index < -0.39 is 5.72 Å². The van der Waals surface area contributed by atoms with E-state index in [0.29, 0.717) is 30.5 Å². The Balaban J connectivity index is 0.00000144. The number of hydrogen-bond acceptors (Lipinski definition) is 5. The first-order valence-corrected chi connectivity index (χ1v) is 5.12. The molecule has 1 aliphatic heterocycles. The van der Waals surface area contributed by atoms with Gasteiger partial charge in [-0.1, -0.05) is 0 Å². The molecule has 0 spiro atoms. The third kappa shape index (κ3) is 2.76. The van der Waals surface area contributed by atoms with Gasteiger partial charge in [0.05, 0.1) is 0 Å². The molecular weight excluding hydrogens is 244 g/mol. The second-order valence-electron chi connectivity index (χ2n) is 3.86. The van der Waals surface area contributed by atoms with E-state index in [1.807, 2.05) is 0 Å². The molecule has 1 aromatic carbocycles. The van der Waals surface area contributed by atoms with Crippen molar-refractivity contribution in [1.29, 1.82) is 0 Å². The quantitative estimate of drug-likeness (QED) is 0.560. The zero-order valence-corrected chi connectivity index (χ0v) is 9.96. The number of carbonyl (C=O) groups excluding carboxylic acids is 1. The number of rotatable bonds is 2. The number of halogens is 1. The van der Waals surface area contributed by atoms with Crippen LogP contribution in [-0.2, 0) is 5.72 Å². The molecule has 0 amide bonds. The molecule has 0 aliphatic carbocycles. The van der Waals surface area contributed by atoms with E-state index in [-0.39, 0.29) is 18.2 Å². The summed E-state index contributed by atoms with van der Waals surface area (Å²) in [5, 5.41) is 25.9. The van der Waals surface area contributed by atoms with Crippen LogP contribution in [0.15, 0.2) is 18.2 Å². The van der Waals surface area contributed by atoms with E-state index in [0.717, 1.165) is 6.54 Å². The maximum absolute atomic E-state index is 10.7. The van der Waals surface area contributed by atoms with Crippen LogP contribution in [0.2, 0.25) is 0 Å². The number of carbonyl (C=O) groups is 1. The first-order chi connectivity index (χ1) is 7.65. The fourth-order valence-electron chi connectivity index (χ4n) is 1.84. The van der Waals surface area contributed by atoms with Crippen LogP contribution in [0.25, 0.3) is 0 Å². The minimum absolute atomic E-state index is 0. The Bertz CT molecular complexity index is 406. The van der Waals surface area contributed by atoms with Crippen molar-refractivity contribution < 1.29 is 15.0 Å². The van der Waals surface area contributed by atoms with Crippen molar-refractivity contribution >= 4 is 18.7 Å². The number of phenolic OH excluding ortho intramolecular Hbond substituents is 1. The average molecular weight is 259 g/mol. The Labute approximate surface area is 105 Å². The SMILES string of the molecule is Cl.O=Cc1ccc(O)c([C@]2(O)CNCCN2)c1. The summed E-state index contributed by atoms with van der Waals surface area (Å²) in [6, 6.07) is 4.40. The lowest BCUT2D eigenvalue weighted by Gasteiger charge is -2.34. The number of aliphatic hydroxyl groups is 1. The molecule has 2 rings (SSSR count). The summed E-state index contributed by atoms with van der Waals surface area (Å²) in [5.41, 5.74) is -0.570. The number of hydrogen-bond donors (Lipinski definition) is 4. The van der Waals surface area contributed by atoms with Crippen molar-refractivity contribution in [2.75, 3.05) is 19.6 Å². The molecule has 17 heavy (non-hydrogen) atoms. The number of phenols is 1. The molecule has 6 heteroatoms. The highest BCUT2D eigenvalue weighted by molar-refractivity contribution is 5.85. The second kappa shape index (κ2) is 5.46. The molecule has 0 saturated carbocycles. The number of β-amino-alcohol motifs (C(OH)–C–C–N with tert-alkyl or cyclic N) is 1. The van der Waals surface area contributed by atoms with E-state index in [4.69, 9.17) is 0 Å². The molecule has 1 fully saturated rings. The number of aldehydes is 1. The molecule has 5 nitrogen and oxygen atoms in total. The van der Waals surface area contributed by atoms with Gasteiger partial charge in [0.1, 0.15) is 12.0 Å². The van der Waals surface area contributed by atoms with Crippen LogP contribution in [-0.4, -0.2) is 36.1 Å². The lowest BCUT2D eigenvalue weighted by Crippen LogP contribution is -2.56. The second-order valence-corrected chi connectivity index (χ2v) is 3.86. The van der Waals surface area contributed by atoms with Gasteiger partial charge in [-0.25, -0.2) is 0 Å². The number of benzene rings is 1. The van der Waals surface area contributed by atoms with E-state index >= 15 is 0 Å². The van der Waals surface area contributed by atoms with E-state index in [1.54, 1.807) is 0 Å². The van der Waals surface area contributed by atoms with Gasteiger partial charge in [0.2, 0.25) is 0 Å². The van der Waals surface area contributed by atoms with Gasteiger partial charge in [0.25, 0.3) is 0 Å². The predicted octanol–water partition coefficient (Wildman–Crippen LogP) is -0.0356. The number of piperazine rings is 1. The lowest BCUT2D eigenvalue weighted by molar-refractivity contribution is -0.0131. The smallest absolute Gasteiger partial charge is 0.158 e. The minimum atomic E-state index is -1.32. The van der Waals surface area contributed by atoms with Crippen molar-refractivity contribution in [3.8, 4) is 5.75 Å². The highest BCUT2D eigenvalue weighted by Gasteiger charge is 2.33. The Hall–Kier alpha value is -1.14. The normalized spacial score (nSPS) is 23.8. The van der Waals surface area contributed by atoms with Crippen molar-refractivity contribution in [3.05, 3.63) is 29.3 Å². The van der Waals surface area contributed by atoms with Crippen LogP contribution in [0.4, 0.5) is 0 Å². The molecule has 1 aliphatic rings. The van der Waals surface area contributed by atoms with Crippen LogP contribution in [0.5, 0.6) is 5.75 Å². The lowest BCUT2D eigenvalue weighted by atomic mass is 9.98. The zero-order valence-electron chi connectivity index (χ0n) is 9.14. The van der Waals surface area contributed by atoms with E-state index in [2.05, 4.69) is 10.6 Å². The van der Waals surface area contributed by atoms with Gasteiger partial charge in [-0.15, -0.1) is 12.4 Å². The first-order valence-electron chi connectivity index (χ1n) is 5.12. The highest BCUT2D eigenvalue weighted by atomic mass is 35.5. The summed E-state index contributed by atoms with van der Waals surface area (Å²) in [5.74, 6) is -0.0238. The summed E-state index contributed by atoms with van der Waals surface area (Å²) >= 11 is 0. The van der Waals surface area contributed by atoms with Crippen molar-refractivity contribution in [3.63, 3.8) is 0 Å². The van der Waals surface area contributed by atoms with Gasteiger partial charge in [0.15, 0.2) is 5.72 Å². The molecule has 0 unspecified atom stereocenters. The van der Waals surface area contributed by atoms with Gasteiger partial charge >= 0.3 is 0 Å². The van der Waals surface area contributed by atoms with Crippen LogP contribution in [0, 0.1) is 0 Å². The third-order valence-corrected chi connectivity index (χ3v) is 2.70. The van der Waals surface area contributed by atoms with Gasteiger partial charge in [-0.3, -0.25) is 10.1 Å². The van der Waals surface area contributed by atoms with Crippen LogP contribution < -0.4 is 10.6 Å². The molecule has 0 bridgehead atoms. The summed E-state index contributed by atoms with van der Waals surface area (Å²) in [4.78, 5) is 10.7. The highest BCUT2D eigenvalue weighted by Crippen LogP contribution is 2.28. The summed E-state index contributed by atoms with van der Waals surface area (Å²) < 4.78 is 0. The Morgan fingerprint density at radius 2 is 2.12 bits per heavy atom. The summed E-state index contributed by atoms with van der Waals surface area (Å²) in [6.45, 7) is 1.65. The molecule has 1 heterocycles. The Morgan fingerprint density at radius 1 is 1.35 bits per heavy atom. The molecule has 1 aromatic rings. The van der Waals surface area contributed by atoms with Gasteiger partial charge < -0.3 is 15.5 Å². The monoisotopic (exact) mass is 258 g/mol. The Kier molecular flexibility index (Phi) is 4.47. The molecule has 4 N–H and O–H groups in total. The van der Waals surface area contributed by atoms with Crippen molar-refractivity contribution in [1.82, 2.24) is 10.6 Å². The maximum atomic E-state index is 10.7. The zero-order chi connectivity index (χ0) is 11.6. The molecule has 94 valence electrons. The summed E-state index contributed by atoms with van der Waals surface area (Å²) in [6.07, 6.45) is 0.683. The largest absolute Gasteiger partial charge is 0.508 e. The van der Waals surface area contributed by atoms with Gasteiger partial charge in [-0.2, -0.15) is 0 Å². The fourth-order valence-corrected chi connectivity index (χ4v) is 1.84. The maximum Gasteiger partial charge on any atom is 0.158 e. The van der Waals surface area contributed by atoms with Gasteiger partial charge in [-0.05, 0) is 18.2 Å². The topological polar surface area (TPSA) is 81.6 Å². The molecule has 1 saturated heterocycles. The molecular formula is C11H15ClN2O3. The average Bonchev–Trinajstić information content (AvgIpc) is 2.30. The molecule has 0 radical (unpaired) electrons. The fraction of sp³-hybridized carbons (Fsp3) is 0.364. The first kappa shape index (κ1) is 13.9. The van der Waals surface area contributed by atoms with E-state index in [1.165, 1.54) is 18.2 Å². The standard InChI is InChI=1S/C11H14N2O3.ClH/c14-6-8-1-2-10(15)9(5-8)11(16)7-12-3-4-13-11;/h1-2,5-6,12-13,15-16H,3-4,7H2;1H/t11-;/m1./s1. The molecule has 0 aromatic heterocycles. The minimum Gasteiger partial charge on any atom is -0.508 e. The van der Waals surface area contributed by atoms with Crippen molar-refractivity contribution in [2.24, 2.45) is 0 Å². The van der Waals surface area contributed by atoms with E-state index in [9.17, 15) is 15.0 Å². The van der Waals surface area contributed by atoms with Crippen LogP contribution in [0.3, 0.4) is 0 Å². The van der Waals surface area contributed by atoms with Gasteiger partial charge in [0, 0.05) is 30.8 Å². The Morgan fingerprint density at radius 3 is 2.71 bits per heavy atom. The summed E-state index contributed by atoms with van der Waals surface area (Å²) in [7, 11) is 0. The van der Waals surface area contributed by atoms with Crippen molar-refractivity contribution in [2.45, 2.75) is 5.72 Å². The van der Waals surface area contributed by atoms with Crippen LogP contribution >= 0.6 is 12.4 Å². The number of aromatic hydroxyl groups is 1.